The summed E-state index contributed by atoms with van der Waals surface area (Å²) >= 11 is 12.2. The predicted molar refractivity (Wildman–Crippen MR) is 90.5 cm³/mol. The molecule has 0 aliphatic heterocycles. The molecule has 10 heteroatoms. The number of hydrogen-bond donors (Lipinski definition) is 0. The number of aromatic nitrogens is 7. The fourth-order valence-corrected chi connectivity index (χ4v) is 2.57. The van der Waals surface area contributed by atoms with Crippen molar-refractivity contribution in [1.29, 1.82) is 0 Å². The molecule has 0 fully saturated rings. The van der Waals surface area contributed by atoms with E-state index in [1.165, 1.54) is 4.80 Å². The summed E-state index contributed by atoms with van der Waals surface area (Å²) in [6.07, 6.45) is 3.90. The van der Waals surface area contributed by atoms with E-state index in [0.717, 1.165) is 18.5 Å². The second-order valence-corrected chi connectivity index (χ2v) is 6.32. The number of tetrazole rings is 1. The first-order valence-corrected chi connectivity index (χ1v) is 8.06. The zero-order valence-electron chi connectivity index (χ0n) is 13.2. The molecule has 0 spiro atoms. The van der Waals surface area contributed by atoms with Gasteiger partial charge in [0.2, 0.25) is 0 Å². The molecule has 126 valence electrons. The van der Waals surface area contributed by atoms with Crippen LogP contribution >= 0.6 is 23.2 Å². The number of benzene rings is 1. The van der Waals surface area contributed by atoms with E-state index in [1.807, 2.05) is 26.2 Å². The van der Waals surface area contributed by atoms with Crippen molar-refractivity contribution in [3.8, 4) is 5.95 Å². The number of rotatable bonds is 6. The number of hydrogen-bond acceptors (Lipinski definition) is 6. The van der Waals surface area contributed by atoms with Crippen molar-refractivity contribution in [3.05, 3.63) is 46.2 Å². The average molecular weight is 367 g/mol. The van der Waals surface area contributed by atoms with Crippen molar-refractivity contribution in [3.63, 3.8) is 0 Å². The first kappa shape index (κ1) is 16.8. The minimum absolute atomic E-state index is 0.126. The fourth-order valence-electron chi connectivity index (χ4n) is 2.26. The molecule has 3 rings (SSSR count). The van der Waals surface area contributed by atoms with Crippen LogP contribution in [-0.4, -0.2) is 60.7 Å². The van der Waals surface area contributed by atoms with E-state index in [9.17, 15) is 0 Å². The van der Waals surface area contributed by atoms with Crippen molar-refractivity contribution < 1.29 is 0 Å². The topological polar surface area (TPSA) is 77.5 Å². The Kier molecular flexibility index (Phi) is 5.08. The summed E-state index contributed by atoms with van der Waals surface area (Å²) in [6.45, 7) is 0.849. The SMILES string of the molecule is CN(C)CCC(c1ccc(Cl)c(Cl)c1)n1nnc(-n2nccn2)n1. The average Bonchev–Trinajstić information content (AvgIpc) is 3.21. The highest BCUT2D eigenvalue weighted by molar-refractivity contribution is 6.42. The van der Waals surface area contributed by atoms with Crippen LogP contribution in [0.1, 0.15) is 18.0 Å². The molecule has 0 bridgehead atoms. The van der Waals surface area contributed by atoms with Crippen LogP contribution in [0.15, 0.2) is 30.6 Å². The van der Waals surface area contributed by atoms with Crippen LogP contribution in [0.2, 0.25) is 10.0 Å². The number of halogens is 2. The van der Waals surface area contributed by atoms with Gasteiger partial charge in [-0.3, -0.25) is 0 Å². The van der Waals surface area contributed by atoms with Crippen molar-refractivity contribution in [2.24, 2.45) is 0 Å². The minimum atomic E-state index is -0.126. The molecule has 1 unspecified atom stereocenters. The Morgan fingerprint density at radius 3 is 2.54 bits per heavy atom. The maximum Gasteiger partial charge on any atom is 0.307 e. The van der Waals surface area contributed by atoms with E-state index in [-0.39, 0.29) is 6.04 Å². The summed E-state index contributed by atoms with van der Waals surface area (Å²) in [4.78, 5) is 4.97. The third kappa shape index (κ3) is 3.72. The second kappa shape index (κ2) is 7.25. The molecule has 8 nitrogen and oxygen atoms in total. The fraction of sp³-hybridized carbons (Fsp3) is 0.357. The third-order valence-corrected chi connectivity index (χ3v) is 4.21. The first-order valence-electron chi connectivity index (χ1n) is 7.30. The summed E-state index contributed by atoms with van der Waals surface area (Å²) in [5, 5.41) is 21.6. The monoisotopic (exact) mass is 366 g/mol. The lowest BCUT2D eigenvalue weighted by atomic mass is 10.0. The Morgan fingerprint density at radius 2 is 1.88 bits per heavy atom. The van der Waals surface area contributed by atoms with Crippen LogP contribution < -0.4 is 0 Å². The van der Waals surface area contributed by atoms with Gasteiger partial charge in [-0.2, -0.15) is 15.0 Å². The summed E-state index contributed by atoms with van der Waals surface area (Å²) < 4.78 is 0. The number of nitrogens with zero attached hydrogens (tertiary/aromatic N) is 8. The third-order valence-electron chi connectivity index (χ3n) is 3.47. The van der Waals surface area contributed by atoms with Crippen LogP contribution in [0.3, 0.4) is 0 Å². The van der Waals surface area contributed by atoms with Gasteiger partial charge in [-0.05, 0) is 50.0 Å². The summed E-state index contributed by atoms with van der Waals surface area (Å²) in [5.74, 6) is 0.315. The molecular formula is C14H16Cl2N8. The normalized spacial score (nSPS) is 12.7. The van der Waals surface area contributed by atoms with Crippen molar-refractivity contribution in [2.45, 2.75) is 12.5 Å². The van der Waals surface area contributed by atoms with Gasteiger partial charge in [0.05, 0.1) is 28.5 Å². The van der Waals surface area contributed by atoms with Gasteiger partial charge in [0, 0.05) is 0 Å². The Morgan fingerprint density at radius 1 is 1.12 bits per heavy atom. The van der Waals surface area contributed by atoms with Crippen LogP contribution in [-0.2, 0) is 0 Å². The largest absolute Gasteiger partial charge is 0.309 e. The molecule has 0 saturated carbocycles. The molecule has 0 radical (unpaired) electrons. The van der Waals surface area contributed by atoms with E-state index in [2.05, 4.69) is 30.5 Å². The van der Waals surface area contributed by atoms with E-state index in [4.69, 9.17) is 23.2 Å². The lowest BCUT2D eigenvalue weighted by Crippen LogP contribution is -2.21. The predicted octanol–water partition coefficient (Wildman–Crippen LogP) is 2.10. The Balaban J connectivity index is 1.93. The van der Waals surface area contributed by atoms with Crippen molar-refractivity contribution in [2.75, 3.05) is 20.6 Å². The lowest BCUT2D eigenvalue weighted by Gasteiger charge is -2.19. The quantitative estimate of drug-likeness (QED) is 0.664. The Hall–Kier alpha value is -2.03. The second-order valence-electron chi connectivity index (χ2n) is 5.51. The molecule has 1 atom stereocenters. The van der Waals surface area contributed by atoms with E-state index >= 15 is 0 Å². The molecule has 24 heavy (non-hydrogen) atoms. The summed E-state index contributed by atoms with van der Waals surface area (Å²) in [7, 11) is 4.03. The van der Waals surface area contributed by atoms with Gasteiger partial charge >= 0.3 is 5.95 Å². The lowest BCUT2D eigenvalue weighted by molar-refractivity contribution is 0.339. The van der Waals surface area contributed by atoms with Gasteiger partial charge in [0.1, 0.15) is 0 Å². The molecule has 0 aliphatic carbocycles. The standard InChI is InChI=1S/C14H16Cl2N8/c1-22(2)8-5-13(10-3-4-11(15)12(16)9-10)23-20-14(19-21-23)24-17-6-7-18-24/h3-4,6-7,9,13H,5,8H2,1-2H3. The Labute approximate surface area is 149 Å². The van der Waals surface area contributed by atoms with Gasteiger partial charge in [-0.15, -0.1) is 9.90 Å². The van der Waals surface area contributed by atoms with Crippen LogP contribution in [0.25, 0.3) is 5.95 Å². The van der Waals surface area contributed by atoms with E-state index in [1.54, 1.807) is 23.3 Å². The summed E-state index contributed by atoms with van der Waals surface area (Å²) in [6, 6.07) is 5.40. The first-order chi connectivity index (χ1) is 11.5. The van der Waals surface area contributed by atoms with E-state index in [0.29, 0.717) is 16.0 Å². The zero-order chi connectivity index (χ0) is 17.1. The minimum Gasteiger partial charge on any atom is -0.309 e. The summed E-state index contributed by atoms with van der Waals surface area (Å²) in [5.41, 5.74) is 0.962. The maximum absolute atomic E-state index is 6.16. The highest BCUT2D eigenvalue weighted by Crippen LogP contribution is 2.28. The molecule has 1 aromatic carbocycles. The van der Waals surface area contributed by atoms with Crippen molar-refractivity contribution in [1.82, 2.24) is 40.1 Å². The van der Waals surface area contributed by atoms with Crippen LogP contribution in [0, 0.1) is 0 Å². The molecule has 0 N–H and O–H groups in total. The highest BCUT2D eigenvalue weighted by Gasteiger charge is 2.19. The van der Waals surface area contributed by atoms with Crippen LogP contribution in [0.4, 0.5) is 0 Å². The molecule has 2 aromatic heterocycles. The van der Waals surface area contributed by atoms with Gasteiger partial charge in [0.25, 0.3) is 0 Å². The molecule has 3 aromatic rings. The zero-order valence-corrected chi connectivity index (χ0v) is 14.7. The molecule has 0 amide bonds. The molecule has 0 aliphatic rings. The van der Waals surface area contributed by atoms with Crippen molar-refractivity contribution >= 4 is 23.2 Å². The van der Waals surface area contributed by atoms with Gasteiger partial charge in [0.15, 0.2) is 0 Å². The molecule has 2 heterocycles. The molecular weight excluding hydrogens is 351 g/mol. The smallest absolute Gasteiger partial charge is 0.307 e. The van der Waals surface area contributed by atoms with Gasteiger partial charge in [-0.1, -0.05) is 34.4 Å². The van der Waals surface area contributed by atoms with E-state index < -0.39 is 0 Å². The van der Waals surface area contributed by atoms with Gasteiger partial charge in [-0.25, -0.2) is 0 Å². The van der Waals surface area contributed by atoms with Gasteiger partial charge < -0.3 is 4.90 Å². The Bertz CT molecular complexity index is 799. The van der Waals surface area contributed by atoms with Crippen LogP contribution in [0.5, 0.6) is 0 Å². The maximum atomic E-state index is 6.16. The molecule has 0 saturated heterocycles. The highest BCUT2D eigenvalue weighted by atomic mass is 35.5.